The highest BCUT2D eigenvalue weighted by Crippen LogP contribution is 2.24. The van der Waals surface area contributed by atoms with Gasteiger partial charge in [-0.15, -0.1) is 0 Å². The summed E-state index contributed by atoms with van der Waals surface area (Å²) in [6.07, 6.45) is 0. The van der Waals surface area contributed by atoms with Crippen molar-refractivity contribution in [3.8, 4) is 5.75 Å². The fourth-order valence-electron chi connectivity index (χ4n) is 2.95. The summed E-state index contributed by atoms with van der Waals surface area (Å²) in [7, 11) is -3.75. The molecule has 0 saturated heterocycles. The lowest BCUT2D eigenvalue weighted by atomic mass is 10.1. The molecule has 0 spiro atoms. The van der Waals surface area contributed by atoms with E-state index in [-0.39, 0.29) is 33.1 Å². The number of anilines is 1. The molecule has 0 bridgehead atoms. The quantitative estimate of drug-likeness (QED) is 0.495. The van der Waals surface area contributed by atoms with Crippen molar-refractivity contribution in [3.05, 3.63) is 88.9 Å². The normalized spacial score (nSPS) is 12.1. The Morgan fingerprint density at radius 3 is 2.32 bits per heavy atom. The van der Waals surface area contributed by atoms with Crippen LogP contribution in [0, 0.1) is 0 Å². The molecule has 1 amide bonds. The second kappa shape index (κ2) is 9.85. The number of hydrogen-bond acceptors (Lipinski definition) is 4. The minimum Gasteiger partial charge on any atom is -0.494 e. The molecule has 0 aliphatic carbocycles. The molecule has 31 heavy (non-hydrogen) atoms. The number of nitrogens with one attached hydrogen (secondary N) is 2. The Balaban J connectivity index is 1.69. The lowest BCUT2D eigenvalue weighted by molar-refractivity contribution is 0.0940. The van der Waals surface area contributed by atoms with E-state index in [0.717, 1.165) is 11.3 Å². The Morgan fingerprint density at radius 2 is 1.71 bits per heavy atom. The summed E-state index contributed by atoms with van der Waals surface area (Å²) >= 11 is 6.27. The molecule has 0 aliphatic heterocycles. The van der Waals surface area contributed by atoms with Gasteiger partial charge in [-0.05, 0) is 61.9 Å². The van der Waals surface area contributed by atoms with Gasteiger partial charge >= 0.3 is 0 Å². The summed E-state index contributed by atoms with van der Waals surface area (Å²) in [4.78, 5) is 12.8. The Labute approximate surface area is 187 Å². The Kier molecular flexibility index (Phi) is 7.20. The van der Waals surface area contributed by atoms with Gasteiger partial charge in [0.1, 0.15) is 5.75 Å². The van der Waals surface area contributed by atoms with Crippen LogP contribution in [0.3, 0.4) is 0 Å². The summed E-state index contributed by atoms with van der Waals surface area (Å²) in [5.74, 6) is 0.408. The topological polar surface area (TPSA) is 84.5 Å². The third kappa shape index (κ3) is 5.77. The van der Waals surface area contributed by atoms with Crippen molar-refractivity contribution in [3.63, 3.8) is 0 Å². The van der Waals surface area contributed by atoms with E-state index in [1.165, 1.54) is 30.3 Å². The molecule has 0 aliphatic rings. The smallest absolute Gasteiger partial charge is 0.261 e. The molecule has 162 valence electrons. The number of ether oxygens (including phenoxy) is 1. The molecule has 0 aromatic heterocycles. The van der Waals surface area contributed by atoms with E-state index in [1.807, 2.05) is 38.1 Å². The van der Waals surface area contributed by atoms with Crippen LogP contribution in [0.15, 0.2) is 77.7 Å². The van der Waals surface area contributed by atoms with Gasteiger partial charge in [0, 0.05) is 0 Å². The highest BCUT2D eigenvalue weighted by Gasteiger charge is 2.17. The first kappa shape index (κ1) is 22.7. The van der Waals surface area contributed by atoms with Crippen molar-refractivity contribution in [2.75, 3.05) is 11.3 Å². The van der Waals surface area contributed by atoms with E-state index in [9.17, 15) is 13.2 Å². The average molecular weight is 459 g/mol. The van der Waals surface area contributed by atoms with Gasteiger partial charge < -0.3 is 10.1 Å². The largest absolute Gasteiger partial charge is 0.494 e. The van der Waals surface area contributed by atoms with Crippen LogP contribution in [-0.4, -0.2) is 20.9 Å². The first-order chi connectivity index (χ1) is 14.8. The zero-order valence-corrected chi connectivity index (χ0v) is 18.7. The minimum absolute atomic E-state index is 0.136. The summed E-state index contributed by atoms with van der Waals surface area (Å²) in [5.41, 5.74) is 1.44. The molecule has 0 heterocycles. The van der Waals surface area contributed by atoms with Crippen molar-refractivity contribution in [2.24, 2.45) is 0 Å². The van der Waals surface area contributed by atoms with E-state index in [1.54, 1.807) is 18.2 Å². The zero-order valence-electron chi connectivity index (χ0n) is 17.1. The van der Waals surface area contributed by atoms with Gasteiger partial charge in [0.25, 0.3) is 15.9 Å². The van der Waals surface area contributed by atoms with E-state index < -0.39 is 10.0 Å². The molecule has 3 aromatic rings. The van der Waals surface area contributed by atoms with Gasteiger partial charge in [0.2, 0.25) is 0 Å². The SMILES string of the molecule is CCOc1ccc(C(C)NC(=O)c2ccc(NS(=O)(=O)c3ccccc3)cc2Cl)cc1. The summed E-state index contributed by atoms with van der Waals surface area (Å²) in [6.45, 7) is 4.36. The molecule has 8 heteroatoms. The first-order valence-corrected chi connectivity index (χ1v) is 11.6. The average Bonchev–Trinajstić information content (AvgIpc) is 2.75. The number of halogens is 1. The van der Waals surface area contributed by atoms with Crippen molar-refractivity contribution in [2.45, 2.75) is 24.8 Å². The number of rotatable bonds is 8. The van der Waals surface area contributed by atoms with E-state index in [0.29, 0.717) is 6.61 Å². The van der Waals surface area contributed by atoms with Gasteiger partial charge in [-0.1, -0.05) is 41.9 Å². The first-order valence-electron chi connectivity index (χ1n) is 9.71. The molecule has 3 rings (SSSR count). The molecule has 0 saturated carbocycles. The third-order valence-electron chi connectivity index (χ3n) is 4.56. The predicted octanol–water partition coefficient (Wildman–Crippen LogP) is 5.03. The number of hydrogen-bond donors (Lipinski definition) is 2. The Bertz CT molecular complexity index is 1150. The maximum Gasteiger partial charge on any atom is 0.261 e. The number of carbonyl (C=O) groups excluding carboxylic acids is 1. The summed E-state index contributed by atoms with van der Waals surface area (Å²) in [6, 6.07) is 19.6. The van der Waals surface area contributed by atoms with Crippen molar-refractivity contribution in [1.29, 1.82) is 0 Å². The molecule has 6 nitrogen and oxygen atoms in total. The van der Waals surface area contributed by atoms with Gasteiger partial charge in [-0.25, -0.2) is 8.42 Å². The lowest BCUT2D eigenvalue weighted by Gasteiger charge is -2.16. The molecule has 1 atom stereocenters. The monoisotopic (exact) mass is 458 g/mol. The van der Waals surface area contributed by atoms with Gasteiger partial charge in [0.15, 0.2) is 0 Å². The highest BCUT2D eigenvalue weighted by atomic mass is 35.5. The molecule has 2 N–H and O–H groups in total. The van der Waals surface area contributed by atoms with Crippen LogP contribution >= 0.6 is 11.6 Å². The molecular weight excluding hydrogens is 436 g/mol. The third-order valence-corrected chi connectivity index (χ3v) is 6.27. The van der Waals surface area contributed by atoms with Crippen molar-refractivity contribution >= 4 is 33.2 Å². The van der Waals surface area contributed by atoms with Crippen molar-refractivity contribution in [1.82, 2.24) is 5.32 Å². The standard InChI is InChI=1S/C23H23ClN2O4S/c1-3-30-19-12-9-17(10-13-19)16(2)25-23(27)21-14-11-18(15-22(21)24)26-31(28,29)20-7-5-4-6-8-20/h4-16,26H,3H2,1-2H3,(H,25,27). The number of carbonyl (C=O) groups is 1. The van der Waals surface area contributed by atoms with Gasteiger partial charge in [-0.2, -0.15) is 0 Å². The highest BCUT2D eigenvalue weighted by molar-refractivity contribution is 7.92. The second-order valence-electron chi connectivity index (χ2n) is 6.81. The fraction of sp³-hybridized carbons (Fsp3) is 0.174. The fourth-order valence-corrected chi connectivity index (χ4v) is 4.29. The maximum atomic E-state index is 12.7. The minimum atomic E-state index is -3.75. The molecule has 0 fully saturated rings. The zero-order chi connectivity index (χ0) is 22.4. The number of sulfonamides is 1. The Morgan fingerprint density at radius 1 is 1.03 bits per heavy atom. The molecular formula is C23H23ClN2O4S. The van der Waals surface area contributed by atoms with Crippen molar-refractivity contribution < 1.29 is 17.9 Å². The maximum absolute atomic E-state index is 12.7. The van der Waals surface area contributed by atoms with Gasteiger partial charge in [-0.3, -0.25) is 9.52 Å². The van der Waals surface area contributed by atoms with Crippen LogP contribution in [-0.2, 0) is 10.0 Å². The van der Waals surface area contributed by atoms with Crippen LogP contribution in [0.2, 0.25) is 5.02 Å². The number of amides is 1. The van der Waals surface area contributed by atoms with E-state index >= 15 is 0 Å². The summed E-state index contributed by atoms with van der Waals surface area (Å²) in [5, 5.41) is 3.04. The second-order valence-corrected chi connectivity index (χ2v) is 8.90. The lowest BCUT2D eigenvalue weighted by Crippen LogP contribution is -2.27. The van der Waals surface area contributed by atoms with Crippen LogP contribution in [0.1, 0.15) is 35.8 Å². The van der Waals surface area contributed by atoms with Gasteiger partial charge in [0.05, 0.1) is 33.8 Å². The van der Waals surface area contributed by atoms with Crippen LogP contribution in [0.4, 0.5) is 5.69 Å². The van der Waals surface area contributed by atoms with Crippen LogP contribution in [0.25, 0.3) is 0 Å². The summed E-state index contributed by atoms with van der Waals surface area (Å²) < 4.78 is 32.8. The van der Waals surface area contributed by atoms with E-state index in [2.05, 4.69) is 10.0 Å². The number of benzene rings is 3. The predicted molar refractivity (Wildman–Crippen MR) is 122 cm³/mol. The van der Waals surface area contributed by atoms with Crippen LogP contribution < -0.4 is 14.8 Å². The van der Waals surface area contributed by atoms with Crippen LogP contribution in [0.5, 0.6) is 5.75 Å². The Hall–Kier alpha value is -3.03. The molecule has 0 radical (unpaired) electrons. The van der Waals surface area contributed by atoms with E-state index in [4.69, 9.17) is 16.3 Å². The molecule has 3 aromatic carbocycles. The molecule has 1 unspecified atom stereocenters.